The predicted molar refractivity (Wildman–Crippen MR) is 14.5 cm³/mol. The molecule has 0 aromatic rings. The van der Waals surface area contributed by atoms with Crippen LogP contribution in [0.4, 0.5) is 4.39 Å². The molecule has 0 N–H and O–H groups in total. The van der Waals surface area contributed by atoms with Gasteiger partial charge in [0, 0.05) is 0 Å². The average Bonchev–Trinajstić information content (AvgIpc) is 0.811. The molecule has 0 bridgehead atoms. The Labute approximate surface area is 31.6 Å². The van der Waals surface area contributed by atoms with Gasteiger partial charge in [-0.05, 0) is 15.9 Å². The first-order valence-corrected chi connectivity index (χ1v) is 1.59. The Bertz CT molecular complexity index is 12.8. The number of halogens is 2. The maximum Gasteiger partial charge on any atom is 0.285 e. The SMILES string of the molecule is [O]C(F)Br. The first kappa shape index (κ1) is 4.37. The largest absolute Gasteiger partial charge is 0.285 e. The third-order valence-corrected chi connectivity index (χ3v) is 0. The zero-order valence-corrected chi connectivity index (χ0v) is 3.33. The average molecular weight is 128 g/mol. The fourth-order valence-electron chi connectivity index (χ4n) is 0. The van der Waals surface area contributed by atoms with E-state index in [0.717, 1.165) is 0 Å². The summed E-state index contributed by atoms with van der Waals surface area (Å²) in [6, 6.07) is 0. The van der Waals surface area contributed by atoms with Crippen LogP contribution in [0.3, 0.4) is 0 Å². The van der Waals surface area contributed by atoms with Gasteiger partial charge in [0.15, 0.2) is 0 Å². The molecule has 0 fully saturated rings. The van der Waals surface area contributed by atoms with E-state index in [1.54, 1.807) is 0 Å². The summed E-state index contributed by atoms with van der Waals surface area (Å²) in [6.45, 7) is 0. The van der Waals surface area contributed by atoms with Crippen molar-refractivity contribution in [2.24, 2.45) is 0 Å². The summed E-state index contributed by atoms with van der Waals surface area (Å²) >= 11 is 2.05. The van der Waals surface area contributed by atoms with E-state index >= 15 is 0 Å². The summed E-state index contributed by atoms with van der Waals surface area (Å²) in [4.78, 5) is 0. The smallest absolute Gasteiger partial charge is 0.200 e. The number of alkyl halides is 2. The van der Waals surface area contributed by atoms with Crippen molar-refractivity contribution in [2.45, 2.75) is 5.27 Å². The Hall–Kier alpha value is 0.370. The molecule has 0 aliphatic heterocycles. The molecule has 25 valence electrons. The van der Waals surface area contributed by atoms with E-state index in [9.17, 15) is 4.39 Å². The summed E-state index contributed by atoms with van der Waals surface area (Å²) in [5.74, 6) is 0. The van der Waals surface area contributed by atoms with Crippen molar-refractivity contribution in [3.8, 4) is 0 Å². The molecule has 0 saturated carbocycles. The maximum absolute atomic E-state index is 10.4. The molecular weight excluding hydrogens is 127 g/mol. The zero-order chi connectivity index (χ0) is 3.58. The van der Waals surface area contributed by atoms with Gasteiger partial charge in [0.2, 0.25) is 0 Å². The third kappa shape index (κ3) is 32.5. The van der Waals surface area contributed by atoms with Gasteiger partial charge in [-0.15, -0.1) is 0 Å². The molecule has 1 unspecified atom stereocenters. The lowest BCUT2D eigenvalue weighted by Gasteiger charge is -1.67. The van der Waals surface area contributed by atoms with Gasteiger partial charge in [-0.3, -0.25) is 0 Å². The molecular formula is CHBrFO. The normalized spacial score (nSPS) is 15.8. The number of hydrogen-bond acceptors (Lipinski definition) is 0. The van der Waals surface area contributed by atoms with Crippen molar-refractivity contribution in [3.63, 3.8) is 0 Å². The molecule has 0 amide bonds. The molecule has 0 spiro atoms. The van der Waals surface area contributed by atoms with Gasteiger partial charge in [-0.25, -0.2) is 0 Å². The third-order valence-electron chi connectivity index (χ3n) is 0. The molecule has 0 rings (SSSR count). The van der Waals surface area contributed by atoms with Crippen molar-refractivity contribution in [2.75, 3.05) is 0 Å². The maximum atomic E-state index is 10.4. The van der Waals surface area contributed by atoms with Crippen LogP contribution in [0.5, 0.6) is 0 Å². The van der Waals surface area contributed by atoms with Crippen LogP contribution in [0.1, 0.15) is 0 Å². The fourth-order valence-corrected chi connectivity index (χ4v) is 0. The van der Waals surface area contributed by atoms with E-state index in [4.69, 9.17) is 5.11 Å². The molecule has 0 saturated heterocycles. The standard InChI is InChI=1S/CHBrFO/c2-1(3)4/h1H. The van der Waals surface area contributed by atoms with Crippen molar-refractivity contribution in [1.29, 1.82) is 0 Å². The van der Waals surface area contributed by atoms with Crippen LogP contribution in [0.15, 0.2) is 0 Å². The van der Waals surface area contributed by atoms with Gasteiger partial charge >= 0.3 is 0 Å². The molecule has 0 aliphatic rings. The van der Waals surface area contributed by atoms with Gasteiger partial charge in [0.1, 0.15) is 0 Å². The van der Waals surface area contributed by atoms with Gasteiger partial charge in [0.05, 0.1) is 0 Å². The second-order valence-corrected chi connectivity index (χ2v) is 0.981. The summed E-state index contributed by atoms with van der Waals surface area (Å²) in [5, 5.41) is 6.67. The fraction of sp³-hybridized carbons (Fsp3) is 1.00. The lowest BCUT2D eigenvalue weighted by Crippen LogP contribution is -1.70. The van der Waals surface area contributed by atoms with Gasteiger partial charge < -0.3 is 0 Å². The predicted octanol–water partition coefficient (Wildman–Crippen LogP) is 1.06. The van der Waals surface area contributed by atoms with E-state index in [1.165, 1.54) is 0 Å². The van der Waals surface area contributed by atoms with E-state index in [-0.39, 0.29) is 0 Å². The van der Waals surface area contributed by atoms with Crippen LogP contribution in [-0.2, 0) is 5.11 Å². The minimum atomic E-state index is -2.10. The number of hydrogen-bond donors (Lipinski definition) is 0. The van der Waals surface area contributed by atoms with Crippen molar-refractivity contribution in [3.05, 3.63) is 0 Å². The van der Waals surface area contributed by atoms with E-state index < -0.39 is 5.27 Å². The molecule has 3 heteroatoms. The first-order chi connectivity index (χ1) is 1.73. The minimum Gasteiger partial charge on any atom is -0.200 e. The highest BCUT2D eigenvalue weighted by Gasteiger charge is 1.82. The Morgan fingerprint density at radius 3 is 2.00 bits per heavy atom. The Kier molecular flexibility index (Phi) is 1.82. The van der Waals surface area contributed by atoms with Gasteiger partial charge in [0.25, 0.3) is 5.27 Å². The quantitative estimate of drug-likeness (QED) is 0.434. The van der Waals surface area contributed by atoms with E-state index in [2.05, 4.69) is 0 Å². The zero-order valence-electron chi connectivity index (χ0n) is 1.74. The van der Waals surface area contributed by atoms with Crippen LogP contribution < -0.4 is 0 Å². The van der Waals surface area contributed by atoms with Gasteiger partial charge in [-0.1, -0.05) is 0 Å². The Morgan fingerprint density at radius 1 is 2.00 bits per heavy atom. The lowest BCUT2D eigenvalue weighted by atomic mass is 11.6. The first-order valence-electron chi connectivity index (χ1n) is 0.672. The molecule has 1 nitrogen and oxygen atoms in total. The molecule has 0 aromatic carbocycles. The van der Waals surface area contributed by atoms with Crippen LogP contribution in [0, 0.1) is 0 Å². The van der Waals surface area contributed by atoms with Crippen LogP contribution in [0.2, 0.25) is 0 Å². The van der Waals surface area contributed by atoms with Crippen molar-refractivity contribution < 1.29 is 9.50 Å². The van der Waals surface area contributed by atoms with Crippen LogP contribution >= 0.6 is 15.9 Å². The minimum absolute atomic E-state index is 2.05. The highest BCUT2D eigenvalue weighted by molar-refractivity contribution is 9.09. The number of rotatable bonds is 0. The molecule has 0 aromatic heterocycles. The Morgan fingerprint density at radius 2 is 2.00 bits per heavy atom. The van der Waals surface area contributed by atoms with Gasteiger partial charge in [-0.2, -0.15) is 9.50 Å². The summed E-state index contributed by atoms with van der Waals surface area (Å²) in [5.41, 5.74) is 0. The summed E-state index contributed by atoms with van der Waals surface area (Å²) in [7, 11) is 0. The highest BCUT2D eigenvalue weighted by Crippen LogP contribution is 1.91. The van der Waals surface area contributed by atoms with Crippen molar-refractivity contribution in [1.82, 2.24) is 0 Å². The lowest BCUT2D eigenvalue weighted by molar-refractivity contribution is 0.0626. The molecule has 0 aliphatic carbocycles. The second kappa shape index (κ2) is 1.67. The molecule has 0 heterocycles. The van der Waals surface area contributed by atoms with E-state index in [0.29, 0.717) is 0 Å². The summed E-state index contributed by atoms with van der Waals surface area (Å²) < 4.78 is 10.4. The topological polar surface area (TPSA) is 19.9 Å². The second-order valence-electron chi connectivity index (χ2n) is 0.261. The molecule has 1 radical (unpaired) electrons. The molecule has 1 atom stereocenters. The summed E-state index contributed by atoms with van der Waals surface area (Å²) in [6.07, 6.45) is 0. The Balaban J connectivity index is 2.32. The van der Waals surface area contributed by atoms with Crippen LogP contribution in [0.25, 0.3) is 0 Å². The van der Waals surface area contributed by atoms with E-state index in [1.807, 2.05) is 15.9 Å². The highest BCUT2D eigenvalue weighted by atomic mass is 79.9. The monoisotopic (exact) mass is 127 g/mol. The van der Waals surface area contributed by atoms with Crippen LogP contribution in [-0.4, -0.2) is 5.27 Å². The van der Waals surface area contributed by atoms with Crippen molar-refractivity contribution >= 4 is 15.9 Å². The molecule has 4 heavy (non-hydrogen) atoms.